The molecule has 2 N–H and O–H groups in total. The van der Waals surface area contributed by atoms with Crippen molar-refractivity contribution in [1.29, 1.82) is 0 Å². The van der Waals surface area contributed by atoms with Crippen molar-refractivity contribution in [3.05, 3.63) is 45.9 Å². The Labute approximate surface area is 109 Å². The van der Waals surface area contributed by atoms with Gasteiger partial charge in [0.1, 0.15) is 11.4 Å². The number of hydrogen-bond donors (Lipinski definition) is 2. The number of para-hydroxylation sites is 1. The number of aryl methyl sites for hydroxylation is 1. The number of H-pyrrole nitrogens is 1. The van der Waals surface area contributed by atoms with Gasteiger partial charge in [-0.25, -0.2) is 5.43 Å². The summed E-state index contributed by atoms with van der Waals surface area (Å²) in [6, 6.07) is 7.42. The lowest BCUT2D eigenvalue weighted by Gasteiger charge is -2.03. The molecule has 0 saturated heterocycles. The van der Waals surface area contributed by atoms with Gasteiger partial charge in [-0.05, 0) is 19.1 Å². The number of anilines is 1. The Bertz CT molecular complexity index is 651. The molecule has 98 valence electrons. The molecule has 0 aliphatic rings. The van der Waals surface area contributed by atoms with Crippen LogP contribution in [0.15, 0.2) is 34.2 Å². The van der Waals surface area contributed by atoms with Gasteiger partial charge in [0.25, 0.3) is 5.56 Å². The number of nitrogens with one attached hydrogen (secondary N) is 2. The first-order valence-electron chi connectivity index (χ1n) is 5.56. The highest BCUT2D eigenvalue weighted by molar-refractivity contribution is 5.83. The van der Waals surface area contributed by atoms with Crippen LogP contribution in [0, 0.1) is 6.92 Å². The fourth-order valence-electron chi connectivity index (χ4n) is 1.38. The summed E-state index contributed by atoms with van der Waals surface area (Å²) < 4.78 is 5.18. The summed E-state index contributed by atoms with van der Waals surface area (Å²) in [4.78, 5) is 13.8. The summed E-state index contributed by atoms with van der Waals surface area (Å²) >= 11 is 0. The van der Waals surface area contributed by atoms with E-state index >= 15 is 0 Å². The zero-order valence-electron chi connectivity index (χ0n) is 10.5. The Morgan fingerprint density at radius 2 is 2.16 bits per heavy atom. The number of aromatic nitrogens is 3. The second kappa shape index (κ2) is 5.76. The SMILES string of the molecule is COc1ccccc1C=NNc1nnc(C)c(=O)[nH]1. The molecule has 7 heteroatoms. The molecule has 0 radical (unpaired) electrons. The maximum absolute atomic E-state index is 11.3. The Balaban J connectivity index is 2.11. The number of hydrogen-bond acceptors (Lipinski definition) is 6. The lowest BCUT2D eigenvalue weighted by atomic mass is 10.2. The molecule has 0 spiro atoms. The van der Waals surface area contributed by atoms with E-state index in [1.807, 2.05) is 24.3 Å². The molecule has 0 saturated carbocycles. The van der Waals surface area contributed by atoms with Crippen molar-refractivity contribution in [1.82, 2.24) is 15.2 Å². The van der Waals surface area contributed by atoms with Gasteiger partial charge in [0.2, 0.25) is 5.95 Å². The van der Waals surface area contributed by atoms with E-state index in [4.69, 9.17) is 4.74 Å². The summed E-state index contributed by atoms with van der Waals surface area (Å²) in [5, 5.41) is 11.4. The lowest BCUT2D eigenvalue weighted by Crippen LogP contribution is -2.15. The van der Waals surface area contributed by atoms with Crippen molar-refractivity contribution in [2.75, 3.05) is 12.5 Å². The molecule has 0 aliphatic carbocycles. The second-order valence-corrected chi connectivity index (χ2v) is 3.70. The first-order chi connectivity index (χ1) is 9.20. The van der Waals surface area contributed by atoms with Gasteiger partial charge in [0.05, 0.1) is 13.3 Å². The molecular formula is C12H13N5O2. The van der Waals surface area contributed by atoms with Crippen LogP contribution in [0.5, 0.6) is 5.75 Å². The lowest BCUT2D eigenvalue weighted by molar-refractivity contribution is 0.414. The number of methoxy groups -OCH3 is 1. The van der Waals surface area contributed by atoms with Gasteiger partial charge in [-0.1, -0.05) is 12.1 Å². The molecule has 0 bridgehead atoms. The zero-order chi connectivity index (χ0) is 13.7. The topological polar surface area (TPSA) is 92.3 Å². The van der Waals surface area contributed by atoms with Crippen LogP contribution in [0.25, 0.3) is 0 Å². The number of rotatable bonds is 4. The summed E-state index contributed by atoms with van der Waals surface area (Å²) in [5.74, 6) is 0.887. The van der Waals surface area contributed by atoms with Crippen LogP contribution in [0.4, 0.5) is 5.95 Å². The van der Waals surface area contributed by atoms with Crippen molar-refractivity contribution in [2.24, 2.45) is 5.10 Å². The van der Waals surface area contributed by atoms with E-state index in [0.717, 1.165) is 5.56 Å². The van der Waals surface area contributed by atoms with E-state index in [-0.39, 0.29) is 11.5 Å². The highest BCUT2D eigenvalue weighted by atomic mass is 16.5. The van der Waals surface area contributed by atoms with Gasteiger partial charge in [0.15, 0.2) is 0 Å². The van der Waals surface area contributed by atoms with Crippen LogP contribution in [0.3, 0.4) is 0 Å². The Kier molecular flexibility index (Phi) is 3.87. The highest BCUT2D eigenvalue weighted by Gasteiger charge is 1.99. The van der Waals surface area contributed by atoms with E-state index in [1.165, 1.54) is 0 Å². The van der Waals surface area contributed by atoms with Crippen LogP contribution >= 0.6 is 0 Å². The molecule has 7 nitrogen and oxygen atoms in total. The molecular weight excluding hydrogens is 246 g/mol. The third-order valence-electron chi connectivity index (χ3n) is 2.37. The quantitative estimate of drug-likeness (QED) is 0.629. The van der Waals surface area contributed by atoms with Crippen molar-refractivity contribution < 1.29 is 4.74 Å². The van der Waals surface area contributed by atoms with Crippen LogP contribution < -0.4 is 15.7 Å². The summed E-state index contributed by atoms with van der Waals surface area (Å²) in [5.41, 5.74) is 3.41. The van der Waals surface area contributed by atoms with Gasteiger partial charge < -0.3 is 4.74 Å². The number of aromatic amines is 1. The van der Waals surface area contributed by atoms with Crippen LogP contribution in [-0.4, -0.2) is 28.5 Å². The molecule has 0 unspecified atom stereocenters. The van der Waals surface area contributed by atoms with E-state index in [2.05, 4.69) is 25.7 Å². The maximum Gasteiger partial charge on any atom is 0.274 e. The Morgan fingerprint density at radius 3 is 2.89 bits per heavy atom. The molecule has 0 fully saturated rings. The first-order valence-corrected chi connectivity index (χ1v) is 5.56. The zero-order valence-corrected chi connectivity index (χ0v) is 10.5. The van der Waals surface area contributed by atoms with E-state index < -0.39 is 0 Å². The summed E-state index contributed by atoms with van der Waals surface area (Å²) in [6.45, 7) is 1.58. The number of ether oxygens (including phenoxy) is 1. The van der Waals surface area contributed by atoms with Crippen molar-refractivity contribution in [3.8, 4) is 5.75 Å². The number of hydrazone groups is 1. The highest BCUT2D eigenvalue weighted by Crippen LogP contribution is 2.14. The fraction of sp³-hybridized carbons (Fsp3) is 0.167. The van der Waals surface area contributed by atoms with Gasteiger partial charge in [-0.3, -0.25) is 9.78 Å². The normalized spacial score (nSPS) is 10.6. The van der Waals surface area contributed by atoms with E-state index in [1.54, 1.807) is 20.2 Å². The molecule has 1 aromatic carbocycles. The third-order valence-corrected chi connectivity index (χ3v) is 2.37. The van der Waals surface area contributed by atoms with Crippen molar-refractivity contribution in [2.45, 2.75) is 6.92 Å². The monoisotopic (exact) mass is 259 g/mol. The molecule has 1 heterocycles. The number of benzene rings is 1. The van der Waals surface area contributed by atoms with Crippen molar-refractivity contribution >= 4 is 12.2 Å². The third kappa shape index (κ3) is 3.15. The smallest absolute Gasteiger partial charge is 0.274 e. The van der Waals surface area contributed by atoms with Gasteiger partial charge in [-0.15, -0.1) is 10.2 Å². The summed E-state index contributed by atoms with van der Waals surface area (Å²) in [6.07, 6.45) is 1.57. The Hall–Kier alpha value is -2.70. The molecule has 0 atom stereocenters. The standard InChI is InChI=1S/C12H13N5O2/c1-8-11(18)14-12(17-15-8)16-13-7-9-5-3-4-6-10(9)19-2/h3-7H,1-2H3,(H2,14,16,17,18). The Morgan fingerprint density at radius 1 is 1.37 bits per heavy atom. The average Bonchev–Trinajstić information content (AvgIpc) is 2.43. The molecule has 1 aromatic heterocycles. The predicted molar refractivity (Wildman–Crippen MR) is 71.6 cm³/mol. The predicted octanol–water partition coefficient (Wildman–Crippen LogP) is 0.928. The molecule has 19 heavy (non-hydrogen) atoms. The minimum atomic E-state index is -0.301. The van der Waals surface area contributed by atoms with Gasteiger partial charge in [-0.2, -0.15) is 5.10 Å². The van der Waals surface area contributed by atoms with E-state index in [9.17, 15) is 4.79 Å². The van der Waals surface area contributed by atoms with Gasteiger partial charge >= 0.3 is 0 Å². The average molecular weight is 259 g/mol. The largest absolute Gasteiger partial charge is 0.496 e. The molecule has 0 amide bonds. The molecule has 0 aliphatic heterocycles. The van der Waals surface area contributed by atoms with Crippen molar-refractivity contribution in [3.63, 3.8) is 0 Å². The molecule has 2 rings (SSSR count). The van der Waals surface area contributed by atoms with Crippen LogP contribution in [0.1, 0.15) is 11.3 Å². The van der Waals surface area contributed by atoms with E-state index in [0.29, 0.717) is 11.4 Å². The number of nitrogens with zero attached hydrogens (tertiary/aromatic N) is 3. The first kappa shape index (κ1) is 12.7. The van der Waals surface area contributed by atoms with Crippen LogP contribution in [-0.2, 0) is 0 Å². The minimum Gasteiger partial charge on any atom is -0.496 e. The molecule has 2 aromatic rings. The minimum absolute atomic E-state index is 0.182. The van der Waals surface area contributed by atoms with Gasteiger partial charge in [0, 0.05) is 5.56 Å². The fourth-order valence-corrected chi connectivity index (χ4v) is 1.38. The second-order valence-electron chi connectivity index (χ2n) is 3.70. The maximum atomic E-state index is 11.3. The summed E-state index contributed by atoms with van der Waals surface area (Å²) in [7, 11) is 1.59. The van der Waals surface area contributed by atoms with Crippen LogP contribution in [0.2, 0.25) is 0 Å².